The number of hydrogen-bond acceptors (Lipinski definition) is 5. The number of hydrogen-bond donors (Lipinski definition) is 0. The number of rotatable bonds is 5. The minimum Gasteiger partial charge on any atom is -0.607 e. The second-order valence-corrected chi connectivity index (χ2v) is 5.25. The molecule has 2 aromatic rings. The minimum absolute atomic E-state index is 0.333. The highest BCUT2D eigenvalue weighted by atomic mass is 32.2. The maximum atomic E-state index is 12.9. The topological polar surface area (TPSA) is 76.1 Å². The van der Waals surface area contributed by atoms with Crippen LogP contribution in [0, 0.1) is 0 Å². The fourth-order valence-electron chi connectivity index (χ4n) is 1.66. The van der Waals surface area contributed by atoms with Gasteiger partial charge in [0.1, 0.15) is 12.0 Å². The van der Waals surface area contributed by atoms with E-state index < -0.39 is 46.9 Å². The molecule has 122 valence electrons. The molecule has 1 atom stereocenters. The van der Waals surface area contributed by atoms with E-state index in [2.05, 4.69) is 14.8 Å². The zero-order valence-electron chi connectivity index (χ0n) is 10.8. The van der Waals surface area contributed by atoms with Gasteiger partial charge in [-0.3, -0.25) is 0 Å². The molecule has 0 unspecified atom stereocenters. The zero-order chi connectivity index (χ0) is 16.5. The van der Waals surface area contributed by atoms with Gasteiger partial charge in [-0.25, -0.2) is 4.68 Å². The molecule has 0 radical (unpaired) electrons. The molecule has 0 aliphatic carbocycles. The number of nitrogens with zero attached hydrogens (tertiary/aromatic N) is 3. The van der Waals surface area contributed by atoms with Gasteiger partial charge in [-0.1, -0.05) is 0 Å². The second-order valence-electron chi connectivity index (χ2n) is 3.92. The summed E-state index contributed by atoms with van der Waals surface area (Å²) < 4.78 is 84.6. The lowest BCUT2D eigenvalue weighted by molar-refractivity contribution is -0.142. The van der Waals surface area contributed by atoms with E-state index in [1.807, 2.05) is 0 Å². The molecule has 0 N–H and O–H groups in total. The molecule has 0 spiro atoms. The Morgan fingerprint density at radius 3 is 2.64 bits per heavy atom. The third-order valence-electron chi connectivity index (χ3n) is 2.44. The lowest BCUT2D eigenvalue weighted by Crippen LogP contribution is -2.14. The SMILES string of the molecule is Cn1nc(C(F)(F)F)c(C[S@@+]([O-])c2ncco2)c1OC(F)F. The first kappa shape index (κ1) is 16.5. The molecule has 0 aliphatic rings. The molecular formula is C10H8F5N3O3S. The van der Waals surface area contributed by atoms with Gasteiger partial charge in [-0.15, -0.1) is 0 Å². The van der Waals surface area contributed by atoms with Gasteiger partial charge in [-0.2, -0.15) is 32.0 Å². The summed E-state index contributed by atoms with van der Waals surface area (Å²) in [5, 5.41) is 2.78. The van der Waals surface area contributed by atoms with E-state index in [0.29, 0.717) is 4.68 Å². The highest BCUT2D eigenvalue weighted by Gasteiger charge is 2.42. The van der Waals surface area contributed by atoms with Crippen molar-refractivity contribution in [3.8, 4) is 5.88 Å². The first-order chi connectivity index (χ1) is 10.2. The Kier molecular flexibility index (Phi) is 4.60. The molecule has 2 heterocycles. The summed E-state index contributed by atoms with van der Waals surface area (Å²) in [6, 6.07) is 0. The average Bonchev–Trinajstić information content (AvgIpc) is 3.00. The van der Waals surface area contributed by atoms with Crippen molar-refractivity contribution in [3.63, 3.8) is 0 Å². The maximum absolute atomic E-state index is 12.9. The molecule has 12 heteroatoms. The predicted molar refractivity (Wildman–Crippen MR) is 61.5 cm³/mol. The molecule has 0 aliphatic heterocycles. The summed E-state index contributed by atoms with van der Waals surface area (Å²) in [4.78, 5) is 3.54. The summed E-state index contributed by atoms with van der Waals surface area (Å²) in [6.45, 7) is -3.36. The molecule has 0 aromatic carbocycles. The van der Waals surface area contributed by atoms with Gasteiger partial charge < -0.3 is 13.7 Å². The average molecular weight is 345 g/mol. The minimum atomic E-state index is -4.92. The fourth-order valence-corrected chi connectivity index (χ4v) is 2.64. The molecular weight excluding hydrogens is 337 g/mol. The lowest BCUT2D eigenvalue weighted by Gasteiger charge is -2.10. The van der Waals surface area contributed by atoms with Gasteiger partial charge in [-0.05, 0) is 0 Å². The van der Waals surface area contributed by atoms with Crippen molar-refractivity contribution in [1.29, 1.82) is 0 Å². The summed E-state index contributed by atoms with van der Waals surface area (Å²) in [6.07, 6.45) is -2.69. The van der Waals surface area contributed by atoms with E-state index in [-0.39, 0.29) is 5.22 Å². The normalized spacial score (nSPS) is 13.6. The van der Waals surface area contributed by atoms with Crippen LogP contribution in [0.2, 0.25) is 0 Å². The fraction of sp³-hybridized carbons (Fsp3) is 0.400. The molecule has 0 saturated heterocycles. The molecule has 22 heavy (non-hydrogen) atoms. The molecule has 6 nitrogen and oxygen atoms in total. The van der Waals surface area contributed by atoms with Crippen LogP contribution in [0.1, 0.15) is 11.3 Å². The Bertz CT molecular complexity index is 629. The van der Waals surface area contributed by atoms with Crippen molar-refractivity contribution < 1.29 is 35.7 Å². The summed E-state index contributed by atoms with van der Waals surface area (Å²) in [7, 11) is 1.00. The number of aryl methyl sites for hydroxylation is 1. The van der Waals surface area contributed by atoms with E-state index in [0.717, 1.165) is 19.5 Å². The second kappa shape index (κ2) is 6.12. The first-order valence-electron chi connectivity index (χ1n) is 5.56. The van der Waals surface area contributed by atoms with E-state index >= 15 is 0 Å². The van der Waals surface area contributed by atoms with Gasteiger partial charge in [0, 0.05) is 7.05 Å². The van der Waals surface area contributed by atoms with Crippen LogP contribution >= 0.6 is 0 Å². The molecule has 2 rings (SSSR count). The standard InChI is InChI=1S/C10H8F5N3O3S/c1-18-7(21-8(11)12)5(6(17-18)10(13,14)15)4-22(19)9-16-2-3-20-9/h2-3,8H,4H2,1H3/t22-/m1/s1. The van der Waals surface area contributed by atoms with E-state index in [9.17, 15) is 26.5 Å². The van der Waals surface area contributed by atoms with Crippen molar-refractivity contribution in [2.24, 2.45) is 7.05 Å². The third-order valence-corrected chi connectivity index (χ3v) is 3.58. The lowest BCUT2D eigenvalue weighted by atomic mass is 10.2. The summed E-state index contributed by atoms with van der Waals surface area (Å²) in [5.74, 6) is -1.60. The summed E-state index contributed by atoms with van der Waals surface area (Å²) in [5.41, 5.74) is -2.21. The largest absolute Gasteiger partial charge is 0.607 e. The Hall–Kier alpha value is -1.82. The number of alkyl halides is 5. The van der Waals surface area contributed by atoms with Crippen LogP contribution in [0.3, 0.4) is 0 Å². The van der Waals surface area contributed by atoms with Gasteiger partial charge in [0.2, 0.25) is 5.88 Å². The smallest absolute Gasteiger partial charge is 0.435 e. The van der Waals surface area contributed by atoms with Crippen LogP contribution in [0.5, 0.6) is 5.88 Å². The van der Waals surface area contributed by atoms with E-state index in [1.54, 1.807) is 0 Å². The highest BCUT2D eigenvalue weighted by molar-refractivity contribution is 7.90. The number of halogens is 5. The van der Waals surface area contributed by atoms with Crippen molar-refractivity contribution >= 4 is 11.2 Å². The zero-order valence-corrected chi connectivity index (χ0v) is 11.6. The van der Waals surface area contributed by atoms with Crippen molar-refractivity contribution in [2.75, 3.05) is 0 Å². The van der Waals surface area contributed by atoms with E-state index in [1.165, 1.54) is 0 Å². The molecule has 0 fully saturated rings. The molecule has 0 saturated carbocycles. The quantitative estimate of drug-likeness (QED) is 0.614. The Balaban J connectivity index is 2.41. The molecule has 0 bridgehead atoms. The number of oxazole rings is 1. The van der Waals surface area contributed by atoms with E-state index in [4.69, 9.17) is 4.42 Å². The monoisotopic (exact) mass is 345 g/mol. The van der Waals surface area contributed by atoms with Crippen LogP contribution < -0.4 is 4.74 Å². The highest BCUT2D eigenvalue weighted by Crippen LogP contribution is 2.37. The van der Waals surface area contributed by atoms with Gasteiger partial charge in [0.15, 0.2) is 5.69 Å². The maximum Gasteiger partial charge on any atom is 0.435 e. The molecule has 0 amide bonds. The van der Waals surface area contributed by atoms with Crippen LogP contribution in [-0.4, -0.2) is 25.9 Å². The predicted octanol–water partition coefficient (Wildman–Crippen LogP) is 2.34. The first-order valence-corrected chi connectivity index (χ1v) is 6.87. The van der Waals surface area contributed by atoms with Crippen molar-refractivity contribution in [1.82, 2.24) is 14.8 Å². The molecule has 2 aromatic heterocycles. The van der Waals surface area contributed by atoms with Crippen LogP contribution in [-0.2, 0) is 30.2 Å². The van der Waals surface area contributed by atoms with Crippen molar-refractivity contribution in [2.45, 2.75) is 23.8 Å². The van der Waals surface area contributed by atoms with Gasteiger partial charge in [0.05, 0.1) is 22.9 Å². The third kappa shape index (κ3) is 3.50. The Morgan fingerprint density at radius 1 is 1.45 bits per heavy atom. The van der Waals surface area contributed by atoms with Gasteiger partial charge in [0.25, 0.3) is 0 Å². The number of aromatic nitrogens is 3. The summed E-state index contributed by atoms with van der Waals surface area (Å²) >= 11 is -2.12. The number of ether oxygens (including phenoxy) is 1. The van der Waals surface area contributed by atoms with Crippen LogP contribution in [0.25, 0.3) is 0 Å². The Labute approximate surface area is 123 Å². The van der Waals surface area contributed by atoms with Crippen LogP contribution in [0.4, 0.5) is 22.0 Å². The van der Waals surface area contributed by atoms with Gasteiger partial charge >= 0.3 is 18.0 Å². The van der Waals surface area contributed by atoms with Crippen molar-refractivity contribution in [3.05, 3.63) is 23.7 Å². The Morgan fingerprint density at radius 2 is 2.14 bits per heavy atom. The van der Waals surface area contributed by atoms with Crippen LogP contribution in [0.15, 0.2) is 22.1 Å².